The molecule has 2 bridgehead atoms. The molecule has 2 saturated heterocycles. The minimum absolute atomic E-state index is 0.106. The number of piperidine rings is 1. The first-order valence-electron chi connectivity index (χ1n) is 10.6. The van der Waals surface area contributed by atoms with Crippen LogP contribution in [-0.4, -0.2) is 45.9 Å². The number of nitrogens with zero attached hydrogens (tertiary/aromatic N) is 3. The van der Waals surface area contributed by atoms with E-state index in [9.17, 15) is 4.79 Å². The summed E-state index contributed by atoms with van der Waals surface area (Å²) in [5.41, 5.74) is 2.96. The molecule has 5 nitrogen and oxygen atoms in total. The van der Waals surface area contributed by atoms with Crippen LogP contribution in [0.15, 0.2) is 29.6 Å². The van der Waals surface area contributed by atoms with Gasteiger partial charge in [0.05, 0.1) is 5.69 Å². The summed E-state index contributed by atoms with van der Waals surface area (Å²) in [6.45, 7) is 3.69. The van der Waals surface area contributed by atoms with Crippen molar-refractivity contribution >= 4 is 39.1 Å². The number of nitrogens with one attached hydrogen (secondary N) is 1. The number of carbonyl (C=O) groups is 1. The van der Waals surface area contributed by atoms with Crippen molar-refractivity contribution in [3.05, 3.63) is 57.3 Å². The summed E-state index contributed by atoms with van der Waals surface area (Å²) in [4.78, 5) is 25.5. The Kier molecular flexibility index (Phi) is 4.37. The summed E-state index contributed by atoms with van der Waals surface area (Å²) in [6, 6.07) is 8.90. The van der Waals surface area contributed by atoms with Crippen LogP contribution in [0.25, 0.3) is 10.2 Å². The number of thiophene rings is 1. The monoisotopic (exact) mass is 438 g/mol. The first-order chi connectivity index (χ1) is 14.6. The van der Waals surface area contributed by atoms with E-state index in [0.29, 0.717) is 34.5 Å². The van der Waals surface area contributed by atoms with Crippen LogP contribution in [0.4, 0.5) is 0 Å². The maximum absolute atomic E-state index is 13.1. The lowest BCUT2D eigenvalue weighted by molar-refractivity contribution is 0.0658. The fourth-order valence-electron chi connectivity index (χ4n) is 5.24. The van der Waals surface area contributed by atoms with Gasteiger partial charge in [-0.05, 0) is 61.2 Å². The van der Waals surface area contributed by atoms with Gasteiger partial charge in [0, 0.05) is 47.1 Å². The van der Waals surface area contributed by atoms with Gasteiger partial charge >= 0.3 is 0 Å². The third-order valence-corrected chi connectivity index (χ3v) is 8.01. The van der Waals surface area contributed by atoms with E-state index in [-0.39, 0.29) is 5.91 Å². The highest BCUT2D eigenvalue weighted by Crippen LogP contribution is 2.57. The molecular weight excluding hydrogens is 416 g/mol. The van der Waals surface area contributed by atoms with Crippen LogP contribution < -0.4 is 5.32 Å². The van der Waals surface area contributed by atoms with Gasteiger partial charge in [-0.15, -0.1) is 11.3 Å². The SMILES string of the molecule is Cc1nc(C2CC2c2ccc(C(=O)N3CCC4CC3CN4)cc2Cl)c2ccsc2n1. The maximum Gasteiger partial charge on any atom is 0.254 e. The molecule has 1 N–H and O–H groups in total. The van der Waals surface area contributed by atoms with Crippen molar-refractivity contribution in [2.24, 2.45) is 0 Å². The number of aromatic nitrogens is 2. The van der Waals surface area contributed by atoms with Gasteiger partial charge in [0.25, 0.3) is 5.91 Å². The van der Waals surface area contributed by atoms with Crippen molar-refractivity contribution in [1.82, 2.24) is 20.2 Å². The number of carbonyl (C=O) groups excluding carboxylic acids is 1. The zero-order valence-electron chi connectivity index (χ0n) is 16.8. The van der Waals surface area contributed by atoms with Crippen LogP contribution in [-0.2, 0) is 0 Å². The second kappa shape index (κ2) is 7.01. The van der Waals surface area contributed by atoms with E-state index in [4.69, 9.17) is 16.6 Å². The van der Waals surface area contributed by atoms with Gasteiger partial charge in [-0.3, -0.25) is 4.79 Å². The molecule has 4 atom stereocenters. The predicted molar refractivity (Wildman–Crippen MR) is 120 cm³/mol. The third kappa shape index (κ3) is 3.04. The van der Waals surface area contributed by atoms with Crippen LogP contribution >= 0.6 is 22.9 Å². The third-order valence-electron chi connectivity index (χ3n) is 6.87. The van der Waals surface area contributed by atoms with Crippen molar-refractivity contribution < 1.29 is 4.79 Å². The lowest BCUT2D eigenvalue weighted by Gasteiger charge is -2.32. The van der Waals surface area contributed by atoms with Gasteiger partial charge < -0.3 is 10.2 Å². The number of amides is 1. The Bertz CT molecular complexity index is 1160. The molecule has 1 amide bonds. The zero-order chi connectivity index (χ0) is 20.4. The molecule has 0 spiro atoms. The number of hydrogen-bond donors (Lipinski definition) is 1. The molecule has 1 aliphatic carbocycles. The lowest BCUT2D eigenvalue weighted by atomic mass is 10.00. The smallest absolute Gasteiger partial charge is 0.254 e. The molecular formula is C23H23ClN4OS. The standard InChI is InChI=1S/C23H23ClN4OS/c1-12-26-21(17-5-7-30-22(17)27-12)19-10-18(19)16-3-2-13(8-20(16)24)23(29)28-6-4-14-9-15(28)11-25-14/h2-3,5,7-8,14-15,18-19,25H,4,6,9-11H2,1H3. The summed E-state index contributed by atoms with van der Waals surface area (Å²) in [5.74, 6) is 1.65. The quantitative estimate of drug-likeness (QED) is 0.654. The summed E-state index contributed by atoms with van der Waals surface area (Å²) in [7, 11) is 0. The highest BCUT2D eigenvalue weighted by Gasteiger charge is 2.43. The molecule has 3 fully saturated rings. The van der Waals surface area contributed by atoms with E-state index in [1.165, 1.54) is 0 Å². The number of rotatable bonds is 3. The van der Waals surface area contributed by atoms with Crippen LogP contribution in [0, 0.1) is 6.92 Å². The Morgan fingerprint density at radius 1 is 1.23 bits per heavy atom. The Hall–Kier alpha value is -2.02. The van der Waals surface area contributed by atoms with Gasteiger partial charge in [0.2, 0.25) is 0 Å². The maximum atomic E-state index is 13.1. The largest absolute Gasteiger partial charge is 0.334 e. The Labute approximate surface area is 184 Å². The number of hydrogen-bond acceptors (Lipinski definition) is 5. The van der Waals surface area contributed by atoms with Crippen molar-refractivity contribution in [3.63, 3.8) is 0 Å². The second-order valence-corrected chi connectivity index (χ2v) is 10.1. The van der Waals surface area contributed by atoms with Crippen LogP contribution in [0.5, 0.6) is 0 Å². The fraction of sp³-hybridized carbons (Fsp3) is 0.435. The second-order valence-electron chi connectivity index (χ2n) is 8.76. The van der Waals surface area contributed by atoms with E-state index in [2.05, 4.69) is 27.8 Å². The van der Waals surface area contributed by atoms with E-state index < -0.39 is 0 Å². The van der Waals surface area contributed by atoms with Crippen molar-refractivity contribution in [2.75, 3.05) is 13.1 Å². The van der Waals surface area contributed by atoms with Crippen LogP contribution in [0.2, 0.25) is 5.02 Å². The van der Waals surface area contributed by atoms with Gasteiger partial charge in [-0.2, -0.15) is 0 Å². The zero-order valence-corrected chi connectivity index (χ0v) is 18.3. The highest BCUT2D eigenvalue weighted by molar-refractivity contribution is 7.16. The average molecular weight is 439 g/mol. The summed E-state index contributed by atoms with van der Waals surface area (Å²) < 4.78 is 0. The molecule has 2 aromatic heterocycles. The number of likely N-dealkylation sites (tertiary alicyclic amines) is 1. The molecule has 3 aromatic rings. The summed E-state index contributed by atoms with van der Waals surface area (Å²) >= 11 is 8.35. The first kappa shape index (κ1) is 18.7. The van der Waals surface area contributed by atoms with Crippen LogP contribution in [0.3, 0.4) is 0 Å². The molecule has 4 unspecified atom stereocenters. The molecule has 7 heteroatoms. The summed E-state index contributed by atoms with van der Waals surface area (Å²) in [5, 5.41) is 7.44. The molecule has 2 aliphatic heterocycles. The molecule has 30 heavy (non-hydrogen) atoms. The Morgan fingerprint density at radius 2 is 2.13 bits per heavy atom. The minimum atomic E-state index is 0.106. The molecule has 6 rings (SSSR count). The minimum Gasteiger partial charge on any atom is -0.334 e. The van der Waals surface area contributed by atoms with E-state index in [0.717, 1.165) is 59.7 Å². The predicted octanol–water partition coefficient (Wildman–Crippen LogP) is 4.50. The number of halogens is 1. The lowest BCUT2D eigenvalue weighted by Crippen LogP contribution is -2.44. The average Bonchev–Trinajstić information content (AvgIpc) is 3.22. The van der Waals surface area contributed by atoms with E-state index in [1.54, 1.807) is 11.3 Å². The highest BCUT2D eigenvalue weighted by atomic mass is 35.5. The Morgan fingerprint density at radius 3 is 3.00 bits per heavy atom. The molecule has 154 valence electrons. The van der Waals surface area contributed by atoms with Crippen LogP contribution in [0.1, 0.15) is 58.5 Å². The van der Waals surface area contributed by atoms with Gasteiger partial charge in [0.1, 0.15) is 10.7 Å². The molecule has 1 aromatic carbocycles. The number of fused-ring (bicyclic) bond motifs is 3. The van der Waals surface area contributed by atoms with Crippen molar-refractivity contribution in [1.29, 1.82) is 0 Å². The van der Waals surface area contributed by atoms with E-state index >= 15 is 0 Å². The van der Waals surface area contributed by atoms with Gasteiger partial charge in [-0.25, -0.2) is 9.97 Å². The van der Waals surface area contributed by atoms with Crippen molar-refractivity contribution in [3.8, 4) is 0 Å². The fourth-order valence-corrected chi connectivity index (χ4v) is 6.38. The normalized spacial score (nSPS) is 27.6. The molecule has 3 aliphatic rings. The molecule has 0 radical (unpaired) electrons. The topological polar surface area (TPSA) is 58.1 Å². The van der Waals surface area contributed by atoms with E-state index in [1.807, 2.05) is 24.0 Å². The van der Waals surface area contributed by atoms with Gasteiger partial charge in [0.15, 0.2) is 0 Å². The molecule has 4 heterocycles. The number of aryl methyl sites for hydroxylation is 1. The first-order valence-corrected chi connectivity index (χ1v) is 11.9. The van der Waals surface area contributed by atoms with Gasteiger partial charge in [-0.1, -0.05) is 17.7 Å². The van der Waals surface area contributed by atoms with Crippen molar-refractivity contribution in [2.45, 2.75) is 50.1 Å². The number of benzene rings is 1. The molecule has 1 saturated carbocycles. The Balaban J connectivity index is 1.25. The summed E-state index contributed by atoms with van der Waals surface area (Å²) in [6.07, 6.45) is 3.14.